The van der Waals surface area contributed by atoms with Gasteiger partial charge in [0.2, 0.25) is 0 Å². The van der Waals surface area contributed by atoms with Crippen LogP contribution in [0.4, 0.5) is 5.69 Å². The second-order valence-corrected chi connectivity index (χ2v) is 6.28. The van der Waals surface area contributed by atoms with Crippen LogP contribution in [0.2, 0.25) is 0 Å². The maximum atomic E-state index is 12.5. The predicted octanol–water partition coefficient (Wildman–Crippen LogP) is 5.04. The quantitative estimate of drug-likeness (QED) is 0.630. The summed E-state index contributed by atoms with van der Waals surface area (Å²) >= 11 is 0. The summed E-state index contributed by atoms with van der Waals surface area (Å²) in [6.07, 6.45) is 8.78. The van der Waals surface area contributed by atoms with Crippen LogP contribution in [0.5, 0.6) is 0 Å². The van der Waals surface area contributed by atoms with E-state index >= 15 is 0 Å². The van der Waals surface area contributed by atoms with E-state index in [1.807, 2.05) is 30.3 Å². The fourth-order valence-corrected chi connectivity index (χ4v) is 3.14. The molecule has 0 unspecified atom stereocenters. The molecule has 1 aliphatic heterocycles. The molecule has 0 atom stereocenters. The number of anilines is 1. The van der Waals surface area contributed by atoms with Crippen molar-refractivity contribution in [3.8, 4) is 0 Å². The van der Waals surface area contributed by atoms with Crippen molar-refractivity contribution in [2.75, 3.05) is 11.9 Å². The molecule has 27 heavy (non-hydrogen) atoms. The molecule has 0 fully saturated rings. The van der Waals surface area contributed by atoms with E-state index in [9.17, 15) is 4.79 Å². The molecule has 0 bridgehead atoms. The Bertz CT molecular complexity index is 986. The summed E-state index contributed by atoms with van der Waals surface area (Å²) in [5.74, 6) is 0.0311. The largest absolute Gasteiger partial charge is 0.459 e. The van der Waals surface area contributed by atoms with Crippen LogP contribution >= 0.6 is 0 Å². The highest BCUT2D eigenvalue weighted by molar-refractivity contribution is 6.04. The van der Waals surface area contributed by atoms with E-state index in [1.165, 1.54) is 6.26 Å². The van der Waals surface area contributed by atoms with Gasteiger partial charge in [-0.05, 0) is 35.7 Å². The third kappa shape index (κ3) is 3.85. The van der Waals surface area contributed by atoms with Gasteiger partial charge in [0.1, 0.15) is 0 Å². The van der Waals surface area contributed by atoms with Gasteiger partial charge >= 0.3 is 0 Å². The van der Waals surface area contributed by atoms with Crippen molar-refractivity contribution in [2.45, 2.75) is 6.42 Å². The van der Waals surface area contributed by atoms with E-state index in [2.05, 4.69) is 47.1 Å². The normalized spacial score (nSPS) is 13.4. The molecule has 0 aliphatic carbocycles. The summed E-state index contributed by atoms with van der Waals surface area (Å²) in [7, 11) is 0. The first-order valence-electron chi connectivity index (χ1n) is 8.97. The first kappa shape index (κ1) is 16.9. The van der Waals surface area contributed by atoms with Crippen LogP contribution in [0.25, 0.3) is 17.8 Å². The number of hydrogen-bond donors (Lipinski definition) is 2. The maximum absolute atomic E-state index is 12.5. The smallest absolute Gasteiger partial charge is 0.291 e. The Morgan fingerprint density at radius 3 is 2.63 bits per heavy atom. The molecule has 4 nitrogen and oxygen atoms in total. The van der Waals surface area contributed by atoms with Crippen LogP contribution in [0, 0.1) is 0 Å². The van der Waals surface area contributed by atoms with Crippen LogP contribution in [-0.2, 0) is 0 Å². The highest BCUT2D eigenvalue weighted by atomic mass is 16.3. The van der Waals surface area contributed by atoms with Gasteiger partial charge < -0.3 is 15.1 Å². The van der Waals surface area contributed by atoms with Crippen molar-refractivity contribution in [1.82, 2.24) is 5.32 Å². The Kier molecular flexibility index (Phi) is 4.88. The van der Waals surface area contributed by atoms with Crippen molar-refractivity contribution in [3.63, 3.8) is 0 Å². The first-order valence-corrected chi connectivity index (χ1v) is 8.97. The average Bonchev–Trinajstić information content (AvgIpc) is 3.41. The number of hydrogen-bond acceptors (Lipinski definition) is 3. The fraction of sp³-hybridized carbons (Fsp3) is 0.0870. The van der Waals surface area contributed by atoms with Gasteiger partial charge in [-0.3, -0.25) is 4.79 Å². The van der Waals surface area contributed by atoms with E-state index in [0.717, 1.165) is 41.0 Å². The molecule has 4 rings (SSSR count). The van der Waals surface area contributed by atoms with Crippen molar-refractivity contribution in [1.29, 1.82) is 0 Å². The van der Waals surface area contributed by atoms with E-state index in [0.29, 0.717) is 5.76 Å². The lowest BCUT2D eigenvalue weighted by atomic mass is 10.0. The lowest BCUT2D eigenvalue weighted by Crippen LogP contribution is -2.15. The van der Waals surface area contributed by atoms with Gasteiger partial charge in [-0.15, -0.1) is 0 Å². The standard InChI is InChI=1S/C23H20N2O2/c26-23(21-12-6-16-27-21)25-20-10-4-9-18(22(20)19-11-5-15-24-19)14-13-17-7-2-1-3-8-17/h1-4,6-14,16,24H,5,15H2,(H,25,26)/b14-13+. The second kappa shape index (κ2) is 7.79. The first-order chi connectivity index (χ1) is 13.3. The van der Waals surface area contributed by atoms with Gasteiger partial charge in [0, 0.05) is 17.8 Å². The Labute approximate surface area is 158 Å². The van der Waals surface area contributed by atoms with Crippen molar-refractivity contribution < 1.29 is 9.21 Å². The number of carbonyl (C=O) groups is 1. The lowest BCUT2D eigenvalue weighted by molar-refractivity contribution is 0.0996. The van der Waals surface area contributed by atoms with Crippen molar-refractivity contribution in [3.05, 3.63) is 95.5 Å². The molecule has 2 N–H and O–H groups in total. The van der Waals surface area contributed by atoms with Crippen LogP contribution in [-0.4, -0.2) is 12.5 Å². The zero-order chi connectivity index (χ0) is 18.5. The number of nitrogens with one attached hydrogen (secondary N) is 2. The monoisotopic (exact) mass is 356 g/mol. The molecule has 2 heterocycles. The summed E-state index contributed by atoms with van der Waals surface area (Å²) in [5.41, 5.74) is 4.95. The molecule has 0 saturated carbocycles. The molecule has 0 spiro atoms. The third-order valence-electron chi connectivity index (χ3n) is 4.42. The SMILES string of the molecule is O=C(Nc1cccc(/C=C/c2ccccc2)c1C1=CCCN1)c1ccco1. The molecule has 0 saturated heterocycles. The van der Waals surface area contributed by atoms with Gasteiger partial charge in [0.05, 0.1) is 12.0 Å². The number of rotatable bonds is 5. The molecular weight excluding hydrogens is 336 g/mol. The minimum Gasteiger partial charge on any atom is -0.459 e. The van der Waals surface area contributed by atoms with Crippen LogP contribution in [0.15, 0.2) is 77.4 Å². The Morgan fingerprint density at radius 2 is 1.89 bits per heavy atom. The van der Waals surface area contributed by atoms with Crippen LogP contribution < -0.4 is 10.6 Å². The number of carbonyl (C=O) groups excluding carboxylic acids is 1. The van der Waals surface area contributed by atoms with Gasteiger partial charge in [-0.25, -0.2) is 0 Å². The summed E-state index contributed by atoms with van der Waals surface area (Å²) in [6, 6.07) is 19.4. The van der Waals surface area contributed by atoms with Gasteiger partial charge in [0.25, 0.3) is 5.91 Å². The van der Waals surface area contributed by atoms with Crippen LogP contribution in [0.1, 0.15) is 33.7 Å². The average molecular weight is 356 g/mol. The Morgan fingerprint density at radius 1 is 1.00 bits per heavy atom. The highest BCUT2D eigenvalue weighted by Crippen LogP contribution is 2.30. The third-order valence-corrected chi connectivity index (χ3v) is 4.42. The summed E-state index contributed by atoms with van der Waals surface area (Å²) in [5, 5.41) is 6.39. The molecular formula is C23H20N2O2. The molecule has 4 heteroatoms. The van der Waals surface area contributed by atoms with E-state index in [4.69, 9.17) is 4.42 Å². The molecule has 3 aromatic rings. The van der Waals surface area contributed by atoms with Crippen LogP contribution in [0.3, 0.4) is 0 Å². The van der Waals surface area contributed by atoms with Gasteiger partial charge in [0.15, 0.2) is 5.76 Å². The molecule has 134 valence electrons. The number of amides is 1. The topological polar surface area (TPSA) is 54.3 Å². The van der Waals surface area contributed by atoms with Gasteiger partial charge in [-0.1, -0.05) is 60.7 Å². The number of benzene rings is 2. The molecule has 0 radical (unpaired) electrons. The highest BCUT2D eigenvalue weighted by Gasteiger charge is 2.17. The molecule has 2 aromatic carbocycles. The van der Waals surface area contributed by atoms with E-state index in [-0.39, 0.29) is 5.91 Å². The zero-order valence-corrected chi connectivity index (χ0v) is 14.8. The summed E-state index contributed by atoms with van der Waals surface area (Å²) in [6.45, 7) is 0.900. The zero-order valence-electron chi connectivity index (χ0n) is 14.8. The fourth-order valence-electron chi connectivity index (χ4n) is 3.14. The lowest BCUT2D eigenvalue weighted by Gasteiger charge is -2.15. The Hall–Kier alpha value is -3.53. The van der Waals surface area contributed by atoms with Crippen molar-refractivity contribution in [2.24, 2.45) is 0 Å². The van der Waals surface area contributed by atoms with E-state index in [1.54, 1.807) is 12.1 Å². The second-order valence-electron chi connectivity index (χ2n) is 6.28. The maximum Gasteiger partial charge on any atom is 0.291 e. The molecule has 1 aliphatic rings. The summed E-state index contributed by atoms with van der Waals surface area (Å²) < 4.78 is 5.21. The Balaban J connectivity index is 1.70. The minimum absolute atomic E-state index is 0.260. The number of furan rings is 1. The molecule has 1 aromatic heterocycles. The van der Waals surface area contributed by atoms with Gasteiger partial charge in [-0.2, -0.15) is 0 Å². The summed E-state index contributed by atoms with van der Waals surface area (Å²) in [4.78, 5) is 12.5. The molecule has 1 amide bonds. The van der Waals surface area contributed by atoms with Crippen molar-refractivity contribution >= 4 is 29.4 Å². The predicted molar refractivity (Wildman–Crippen MR) is 109 cm³/mol. The van der Waals surface area contributed by atoms with E-state index < -0.39 is 0 Å². The minimum atomic E-state index is -0.260.